The third-order valence-electron chi connectivity index (χ3n) is 3.15. The SMILES string of the molecule is CCCn1ccnc1C(N)c1ccncc1CC. The standard InChI is InChI=1S/C14H20N4/c1-3-8-18-9-7-17-14(18)13(15)12-5-6-16-10-11(12)4-2/h5-7,9-10,13H,3-4,8,15H2,1-2H3. The van der Waals surface area contributed by atoms with Gasteiger partial charge < -0.3 is 10.3 Å². The van der Waals surface area contributed by atoms with Crippen LogP contribution < -0.4 is 5.73 Å². The zero-order valence-corrected chi connectivity index (χ0v) is 11.0. The molecule has 0 radical (unpaired) electrons. The lowest BCUT2D eigenvalue weighted by Crippen LogP contribution is -2.19. The maximum atomic E-state index is 6.36. The molecule has 4 heteroatoms. The van der Waals surface area contributed by atoms with Gasteiger partial charge in [0.1, 0.15) is 5.82 Å². The van der Waals surface area contributed by atoms with E-state index in [4.69, 9.17) is 5.73 Å². The first-order valence-corrected chi connectivity index (χ1v) is 6.47. The topological polar surface area (TPSA) is 56.7 Å². The molecule has 0 amide bonds. The van der Waals surface area contributed by atoms with Crippen molar-refractivity contribution in [1.82, 2.24) is 14.5 Å². The van der Waals surface area contributed by atoms with Crippen LogP contribution in [0.15, 0.2) is 30.9 Å². The minimum Gasteiger partial charge on any atom is -0.333 e. The minimum atomic E-state index is -0.176. The summed E-state index contributed by atoms with van der Waals surface area (Å²) in [6.45, 7) is 5.22. The maximum absolute atomic E-state index is 6.36. The Balaban J connectivity index is 2.35. The smallest absolute Gasteiger partial charge is 0.130 e. The molecule has 0 bridgehead atoms. The molecular weight excluding hydrogens is 224 g/mol. The molecule has 4 nitrogen and oxygen atoms in total. The van der Waals surface area contributed by atoms with Crippen molar-refractivity contribution in [2.75, 3.05) is 0 Å². The van der Waals surface area contributed by atoms with Crippen LogP contribution in [0.25, 0.3) is 0 Å². The van der Waals surface area contributed by atoms with Gasteiger partial charge in [-0.25, -0.2) is 4.98 Å². The molecule has 2 N–H and O–H groups in total. The van der Waals surface area contributed by atoms with Gasteiger partial charge in [-0.2, -0.15) is 0 Å². The van der Waals surface area contributed by atoms with E-state index < -0.39 is 0 Å². The number of imidazole rings is 1. The molecule has 0 aliphatic heterocycles. The number of aromatic nitrogens is 3. The number of aryl methyl sites for hydroxylation is 2. The highest BCUT2D eigenvalue weighted by molar-refractivity contribution is 5.31. The summed E-state index contributed by atoms with van der Waals surface area (Å²) >= 11 is 0. The second kappa shape index (κ2) is 5.78. The zero-order valence-electron chi connectivity index (χ0n) is 11.0. The van der Waals surface area contributed by atoms with Gasteiger partial charge >= 0.3 is 0 Å². The zero-order chi connectivity index (χ0) is 13.0. The fourth-order valence-electron chi connectivity index (χ4n) is 2.21. The normalized spacial score (nSPS) is 12.6. The van der Waals surface area contributed by atoms with Crippen molar-refractivity contribution < 1.29 is 0 Å². The van der Waals surface area contributed by atoms with Crippen molar-refractivity contribution >= 4 is 0 Å². The Hall–Kier alpha value is -1.68. The molecule has 0 aliphatic carbocycles. The summed E-state index contributed by atoms with van der Waals surface area (Å²) in [5.41, 5.74) is 8.67. The van der Waals surface area contributed by atoms with Gasteiger partial charge in [-0.3, -0.25) is 4.98 Å². The first-order chi connectivity index (χ1) is 8.77. The van der Waals surface area contributed by atoms with Gasteiger partial charge in [-0.1, -0.05) is 13.8 Å². The Morgan fingerprint density at radius 2 is 2.17 bits per heavy atom. The van der Waals surface area contributed by atoms with Gasteiger partial charge in [-0.05, 0) is 30.0 Å². The lowest BCUT2D eigenvalue weighted by molar-refractivity contribution is 0.611. The average molecular weight is 244 g/mol. The summed E-state index contributed by atoms with van der Waals surface area (Å²) in [6.07, 6.45) is 9.51. The number of nitrogens with two attached hydrogens (primary N) is 1. The number of nitrogens with zero attached hydrogens (tertiary/aromatic N) is 3. The van der Waals surface area contributed by atoms with Crippen molar-refractivity contribution in [3.8, 4) is 0 Å². The van der Waals surface area contributed by atoms with E-state index in [1.165, 1.54) is 5.56 Å². The van der Waals surface area contributed by atoms with Gasteiger partial charge in [0.2, 0.25) is 0 Å². The van der Waals surface area contributed by atoms with Crippen LogP contribution in [0, 0.1) is 0 Å². The fourth-order valence-corrected chi connectivity index (χ4v) is 2.21. The van der Waals surface area contributed by atoms with Crippen molar-refractivity contribution in [3.05, 3.63) is 47.8 Å². The van der Waals surface area contributed by atoms with Crippen LogP contribution in [0.3, 0.4) is 0 Å². The molecule has 2 rings (SSSR count). The lowest BCUT2D eigenvalue weighted by atomic mass is 10.0. The predicted molar refractivity (Wildman–Crippen MR) is 72.2 cm³/mol. The van der Waals surface area contributed by atoms with E-state index in [2.05, 4.69) is 28.4 Å². The molecule has 0 fully saturated rings. The first kappa shape index (κ1) is 12.8. The van der Waals surface area contributed by atoms with Crippen LogP contribution in [-0.4, -0.2) is 14.5 Å². The molecule has 0 aromatic carbocycles. The Morgan fingerprint density at radius 3 is 2.89 bits per heavy atom. The summed E-state index contributed by atoms with van der Waals surface area (Å²) in [4.78, 5) is 8.56. The third kappa shape index (κ3) is 2.43. The average Bonchev–Trinajstić information content (AvgIpc) is 2.86. The van der Waals surface area contributed by atoms with Crippen LogP contribution in [-0.2, 0) is 13.0 Å². The molecular formula is C14H20N4. The Kier molecular flexibility index (Phi) is 4.10. The van der Waals surface area contributed by atoms with Crippen LogP contribution in [0.5, 0.6) is 0 Å². The van der Waals surface area contributed by atoms with Crippen LogP contribution in [0.2, 0.25) is 0 Å². The second-order valence-electron chi connectivity index (χ2n) is 4.38. The minimum absolute atomic E-state index is 0.176. The van der Waals surface area contributed by atoms with E-state index in [0.717, 1.165) is 30.8 Å². The van der Waals surface area contributed by atoms with Gasteiger partial charge in [0.15, 0.2) is 0 Å². The van der Waals surface area contributed by atoms with E-state index in [1.54, 1.807) is 6.20 Å². The first-order valence-electron chi connectivity index (χ1n) is 6.47. The van der Waals surface area contributed by atoms with E-state index in [0.29, 0.717) is 0 Å². The highest BCUT2D eigenvalue weighted by Gasteiger charge is 2.16. The van der Waals surface area contributed by atoms with E-state index in [1.807, 2.05) is 24.7 Å². The summed E-state index contributed by atoms with van der Waals surface area (Å²) in [5, 5.41) is 0. The van der Waals surface area contributed by atoms with Gasteiger partial charge in [-0.15, -0.1) is 0 Å². The molecule has 0 saturated heterocycles. The molecule has 0 saturated carbocycles. The predicted octanol–water partition coefficient (Wildman–Crippen LogP) is 2.30. The highest BCUT2D eigenvalue weighted by atomic mass is 15.1. The Bertz CT molecular complexity index is 504. The maximum Gasteiger partial charge on any atom is 0.130 e. The summed E-state index contributed by atoms with van der Waals surface area (Å²) in [7, 11) is 0. The van der Waals surface area contributed by atoms with Gasteiger partial charge in [0.05, 0.1) is 6.04 Å². The molecule has 2 aromatic heterocycles. The molecule has 1 unspecified atom stereocenters. The van der Waals surface area contributed by atoms with Gasteiger partial charge in [0.25, 0.3) is 0 Å². The van der Waals surface area contributed by atoms with Crippen LogP contribution >= 0.6 is 0 Å². The fraction of sp³-hybridized carbons (Fsp3) is 0.429. The summed E-state index contributed by atoms with van der Waals surface area (Å²) < 4.78 is 2.13. The quantitative estimate of drug-likeness (QED) is 0.878. The van der Waals surface area contributed by atoms with Crippen molar-refractivity contribution in [1.29, 1.82) is 0 Å². The largest absolute Gasteiger partial charge is 0.333 e. The summed E-state index contributed by atoms with van der Waals surface area (Å²) in [5.74, 6) is 0.928. The highest BCUT2D eigenvalue weighted by Crippen LogP contribution is 2.21. The summed E-state index contributed by atoms with van der Waals surface area (Å²) in [6, 6.07) is 1.82. The second-order valence-corrected chi connectivity index (χ2v) is 4.38. The van der Waals surface area contributed by atoms with Crippen molar-refractivity contribution in [3.63, 3.8) is 0 Å². The number of hydrogen-bond donors (Lipinski definition) is 1. The van der Waals surface area contributed by atoms with E-state index in [-0.39, 0.29) is 6.04 Å². The third-order valence-corrected chi connectivity index (χ3v) is 3.15. The molecule has 96 valence electrons. The number of rotatable bonds is 5. The number of pyridine rings is 1. The molecule has 2 aromatic rings. The molecule has 0 spiro atoms. The lowest BCUT2D eigenvalue weighted by Gasteiger charge is -2.16. The molecule has 0 aliphatic rings. The van der Waals surface area contributed by atoms with Gasteiger partial charge in [0, 0.05) is 31.3 Å². The molecule has 18 heavy (non-hydrogen) atoms. The van der Waals surface area contributed by atoms with Crippen molar-refractivity contribution in [2.24, 2.45) is 5.73 Å². The monoisotopic (exact) mass is 244 g/mol. The van der Waals surface area contributed by atoms with Crippen molar-refractivity contribution in [2.45, 2.75) is 39.3 Å². The molecule has 2 heterocycles. The number of hydrogen-bond acceptors (Lipinski definition) is 3. The Labute approximate surface area is 108 Å². The van der Waals surface area contributed by atoms with Crippen LogP contribution in [0.4, 0.5) is 0 Å². The van der Waals surface area contributed by atoms with E-state index in [9.17, 15) is 0 Å². The van der Waals surface area contributed by atoms with E-state index >= 15 is 0 Å². The van der Waals surface area contributed by atoms with Crippen LogP contribution in [0.1, 0.15) is 43.3 Å². The Morgan fingerprint density at radius 1 is 1.33 bits per heavy atom. The molecule has 1 atom stereocenters.